The number of carbonyl (C=O) groups excluding carboxylic acids is 1. The summed E-state index contributed by atoms with van der Waals surface area (Å²) in [6, 6.07) is 9.27. The van der Waals surface area contributed by atoms with Crippen molar-refractivity contribution >= 4 is 11.7 Å². The molecule has 1 aliphatic heterocycles. The Labute approximate surface area is 156 Å². The lowest BCUT2D eigenvalue weighted by molar-refractivity contribution is -0.135. The summed E-state index contributed by atoms with van der Waals surface area (Å²) in [6.07, 6.45) is 0. The molecule has 0 aliphatic carbocycles. The molecular formula is C19H21N5O3. The van der Waals surface area contributed by atoms with E-state index in [9.17, 15) is 9.59 Å². The summed E-state index contributed by atoms with van der Waals surface area (Å²) < 4.78 is 8.31. The molecule has 0 unspecified atom stereocenters. The van der Waals surface area contributed by atoms with Gasteiger partial charge < -0.3 is 14.2 Å². The number of carbonyl (C=O) groups is 1. The highest BCUT2D eigenvalue weighted by Gasteiger charge is 2.20. The van der Waals surface area contributed by atoms with Crippen molar-refractivity contribution in [3.05, 3.63) is 51.9 Å². The zero-order valence-electron chi connectivity index (χ0n) is 15.4. The summed E-state index contributed by atoms with van der Waals surface area (Å²) in [6.45, 7) is 6.16. The Kier molecular flexibility index (Phi) is 4.49. The Bertz CT molecular complexity index is 1060. The summed E-state index contributed by atoms with van der Waals surface area (Å²) in [5.41, 5.74) is 2.34. The quantitative estimate of drug-likeness (QED) is 0.691. The van der Waals surface area contributed by atoms with Crippen LogP contribution in [-0.2, 0) is 16.1 Å². The molecule has 3 aromatic rings. The van der Waals surface area contributed by atoms with Crippen LogP contribution in [0.5, 0.6) is 0 Å². The van der Waals surface area contributed by atoms with Gasteiger partial charge in [-0.2, -0.15) is 9.50 Å². The number of aryl methyl sites for hydroxylation is 2. The van der Waals surface area contributed by atoms with Gasteiger partial charge in [0.15, 0.2) is 5.82 Å². The van der Waals surface area contributed by atoms with E-state index in [4.69, 9.17) is 4.74 Å². The predicted octanol–water partition coefficient (Wildman–Crippen LogP) is 1.03. The normalized spacial score (nSPS) is 14.7. The lowest BCUT2D eigenvalue weighted by Gasteiger charge is -2.27. The Morgan fingerprint density at radius 2 is 1.96 bits per heavy atom. The SMILES string of the molecule is Cc1cccc(-c2nc3n(CC(=O)N4CCOCC4)c(C)cc(=O)n3n2)c1. The van der Waals surface area contributed by atoms with Gasteiger partial charge in [0.1, 0.15) is 6.54 Å². The van der Waals surface area contributed by atoms with E-state index in [0.29, 0.717) is 43.6 Å². The first kappa shape index (κ1) is 17.4. The fraction of sp³-hybridized carbons (Fsp3) is 0.368. The maximum atomic E-state index is 12.7. The molecule has 1 fully saturated rings. The molecule has 1 saturated heterocycles. The number of benzene rings is 1. The van der Waals surface area contributed by atoms with E-state index in [0.717, 1.165) is 11.1 Å². The van der Waals surface area contributed by atoms with Crippen molar-refractivity contribution in [2.45, 2.75) is 20.4 Å². The molecule has 1 amide bonds. The number of nitrogens with zero attached hydrogens (tertiary/aromatic N) is 5. The molecular weight excluding hydrogens is 346 g/mol. The molecule has 0 radical (unpaired) electrons. The van der Waals surface area contributed by atoms with Crippen LogP contribution in [0.2, 0.25) is 0 Å². The zero-order valence-corrected chi connectivity index (χ0v) is 15.4. The molecule has 8 nitrogen and oxygen atoms in total. The van der Waals surface area contributed by atoms with E-state index < -0.39 is 0 Å². The van der Waals surface area contributed by atoms with Crippen molar-refractivity contribution in [1.82, 2.24) is 24.1 Å². The minimum Gasteiger partial charge on any atom is -0.378 e. The molecule has 8 heteroatoms. The van der Waals surface area contributed by atoms with E-state index in [1.807, 2.05) is 31.2 Å². The molecule has 1 aliphatic rings. The summed E-state index contributed by atoms with van der Waals surface area (Å²) in [5, 5.41) is 4.37. The van der Waals surface area contributed by atoms with E-state index in [1.54, 1.807) is 16.4 Å². The van der Waals surface area contributed by atoms with Gasteiger partial charge >= 0.3 is 0 Å². The second-order valence-electron chi connectivity index (χ2n) is 6.72. The molecule has 0 saturated carbocycles. The van der Waals surface area contributed by atoms with Crippen LogP contribution < -0.4 is 5.56 Å². The van der Waals surface area contributed by atoms with Crippen molar-refractivity contribution < 1.29 is 9.53 Å². The van der Waals surface area contributed by atoms with E-state index in [-0.39, 0.29) is 18.0 Å². The number of rotatable bonds is 3. The van der Waals surface area contributed by atoms with Crippen LogP contribution in [-0.4, -0.2) is 56.3 Å². The average Bonchev–Trinajstić information content (AvgIpc) is 3.11. The van der Waals surface area contributed by atoms with Crippen molar-refractivity contribution in [3.8, 4) is 11.4 Å². The third-order valence-corrected chi connectivity index (χ3v) is 4.73. The topological polar surface area (TPSA) is 81.7 Å². The van der Waals surface area contributed by atoms with Gasteiger partial charge in [0.25, 0.3) is 5.56 Å². The fourth-order valence-electron chi connectivity index (χ4n) is 3.25. The van der Waals surface area contributed by atoms with Gasteiger partial charge in [-0.05, 0) is 19.9 Å². The maximum absolute atomic E-state index is 12.7. The smallest absolute Gasteiger partial charge is 0.275 e. The van der Waals surface area contributed by atoms with Gasteiger partial charge in [-0.15, -0.1) is 5.10 Å². The zero-order chi connectivity index (χ0) is 19.0. The largest absolute Gasteiger partial charge is 0.378 e. The van der Waals surface area contributed by atoms with Crippen LogP contribution in [0.3, 0.4) is 0 Å². The molecule has 2 aromatic heterocycles. The van der Waals surface area contributed by atoms with Gasteiger partial charge in [0.2, 0.25) is 11.7 Å². The number of aromatic nitrogens is 4. The van der Waals surface area contributed by atoms with E-state index in [1.165, 1.54) is 10.6 Å². The predicted molar refractivity (Wildman–Crippen MR) is 99.6 cm³/mol. The van der Waals surface area contributed by atoms with Crippen LogP contribution >= 0.6 is 0 Å². The minimum atomic E-state index is -0.260. The Hall–Kier alpha value is -3.00. The van der Waals surface area contributed by atoms with Crippen LogP contribution in [0.25, 0.3) is 17.2 Å². The van der Waals surface area contributed by atoms with E-state index in [2.05, 4.69) is 10.1 Å². The van der Waals surface area contributed by atoms with Gasteiger partial charge in [-0.25, -0.2) is 0 Å². The summed E-state index contributed by atoms with van der Waals surface area (Å²) in [4.78, 5) is 31.4. The number of hydrogen-bond donors (Lipinski definition) is 0. The molecule has 140 valence electrons. The molecule has 0 atom stereocenters. The lowest BCUT2D eigenvalue weighted by atomic mass is 10.1. The van der Waals surface area contributed by atoms with Crippen LogP contribution in [0.1, 0.15) is 11.3 Å². The van der Waals surface area contributed by atoms with Crippen LogP contribution in [0.4, 0.5) is 0 Å². The van der Waals surface area contributed by atoms with Crippen molar-refractivity contribution in [2.75, 3.05) is 26.3 Å². The first-order valence-corrected chi connectivity index (χ1v) is 8.93. The van der Waals surface area contributed by atoms with Gasteiger partial charge in [-0.3, -0.25) is 9.59 Å². The first-order valence-electron chi connectivity index (χ1n) is 8.93. The Morgan fingerprint density at radius 1 is 1.19 bits per heavy atom. The summed E-state index contributed by atoms with van der Waals surface area (Å²) in [5.74, 6) is 0.819. The number of morpholine rings is 1. The van der Waals surface area contributed by atoms with Gasteiger partial charge in [0.05, 0.1) is 13.2 Å². The summed E-state index contributed by atoms with van der Waals surface area (Å²) >= 11 is 0. The molecule has 1 aromatic carbocycles. The third kappa shape index (κ3) is 3.35. The molecule has 0 N–H and O–H groups in total. The Balaban J connectivity index is 1.76. The monoisotopic (exact) mass is 367 g/mol. The number of fused-ring (bicyclic) bond motifs is 1. The fourth-order valence-corrected chi connectivity index (χ4v) is 3.25. The third-order valence-electron chi connectivity index (χ3n) is 4.73. The molecule has 4 rings (SSSR count). The van der Waals surface area contributed by atoms with Gasteiger partial charge in [0, 0.05) is 30.4 Å². The summed E-state index contributed by atoms with van der Waals surface area (Å²) in [7, 11) is 0. The average molecular weight is 367 g/mol. The van der Waals surface area contributed by atoms with Gasteiger partial charge in [-0.1, -0.05) is 23.8 Å². The lowest BCUT2D eigenvalue weighted by Crippen LogP contribution is -2.42. The van der Waals surface area contributed by atoms with E-state index >= 15 is 0 Å². The van der Waals surface area contributed by atoms with Crippen molar-refractivity contribution in [1.29, 1.82) is 0 Å². The Morgan fingerprint density at radius 3 is 2.70 bits per heavy atom. The van der Waals surface area contributed by atoms with Crippen molar-refractivity contribution in [3.63, 3.8) is 0 Å². The highest BCUT2D eigenvalue weighted by molar-refractivity contribution is 5.76. The number of amides is 1. The standard InChI is InChI=1S/C19H21N5O3/c1-13-4-3-5-15(10-13)18-20-19-23(14(2)11-16(25)24(19)21-18)12-17(26)22-6-8-27-9-7-22/h3-5,10-11H,6-9,12H2,1-2H3. The van der Waals surface area contributed by atoms with Crippen LogP contribution in [0.15, 0.2) is 35.1 Å². The number of hydrogen-bond acceptors (Lipinski definition) is 5. The highest BCUT2D eigenvalue weighted by Crippen LogP contribution is 2.17. The highest BCUT2D eigenvalue weighted by atomic mass is 16.5. The number of ether oxygens (including phenoxy) is 1. The van der Waals surface area contributed by atoms with Crippen LogP contribution in [0, 0.1) is 13.8 Å². The molecule has 0 spiro atoms. The maximum Gasteiger partial charge on any atom is 0.275 e. The molecule has 0 bridgehead atoms. The molecule has 3 heterocycles. The minimum absolute atomic E-state index is 0.0212. The first-order chi connectivity index (χ1) is 13.0. The second-order valence-corrected chi connectivity index (χ2v) is 6.72. The van der Waals surface area contributed by atoms with Crippen molar-refractivity contribution in [2.24, 2.45) is 0 Å². The second kappa shape index (κ2) is 6.96. The molecule has 27 heavy (non-hydrogen) atoms.